The summed E-state index contributed by atoms with van der Waals surface area (Å²) in [6.07, 6.45) is 1.96. The number of hydrogen-bond acceptors (Lipinski definition) is 7. The summed E-state index contributed by atoms with van der Waals surface area (Å²) in [5.74, 6) is -0.794. The number of esters is 1. The minimum Gasteiger partial charge on any atom is -0.482 e. The van der Waals surface area contributed by atoms with Gasteiger partial charge >= 0.3 is 11.6 Å². The molecule has 0 spiro atoms. The van der Waals surface area contributed by atoms with Crippen molar-refractivity contribution in [2.45, 2.75) is 4.90 Å². The number of benzene rings is 2. The molecule has 0 radical (unpaired) electrons. The van der Waals surface area contributed by atoms with E-state index in [2.05, 4.69) is 5.32 Å². The molecule has 28 heavy (non-hydrogen) atoms. The highest BCUT2D eigenvalue weighted by atomic mass is 32.2. The highest BCUT2D eigenvalue weighted by molar-refractivity contribution is 7.98. The molecule has 2 aromatic carbocycles. The number of carbonyl (C=O) groups excluding carboxylic acids is 2. The van der Waals surface area contributed by atoms with Crippen LogP contribution in [-0.4, -0.2) is 31.3 Å². The fourth-order valence-corrected chi connectivity index (χ4v) is 2.74. The molecule has 0 atom stereocenters. The summed E-state index contributed by atoms with van der Waals surface area (Å²) in [5, 5.41) is 3.37. The molecular weight excluding hydrogens is 382 g/mol. The first-order chi connectivity index (χ1) is 13.5. The lowest BCUT2D eigenvalue weighted by Gasteiger charge is -2.08. The third kappa shape index (κ3) is 5.37. The number of hydrogen-bond donors (Lipinski definition) is 1. The summed E-state index contributed by atoms with van der Waals surface area (Å²) in [6, 6.07) is 15.1. The number of rotatable bonds is 7. The van der Waals surface area contributed by atoms with Crippen LogP contribution in [-0.2, 0) is 14.3 Å². The van der Waals surface area contributed by atoms with Crippen molar-refractivity contribution < 1.29 is 23.5 Å². The van der Waals surface area contributed by atoms with Crippen molar-refractivity contribution in [2.24, 2.45) is 0 Å². The molecule has 0 saturated carbocycles. The number of anilines is 1. The second-order valence-corrected chi connectivity index (χ2v) is 6.56. The zero-order valence-corrected chi connectivity index (χ0v) is 15.8. The fourth-order valence-electron chi connectivity index (χ4n) is 2.33. The number of carbonyl (C=O) groups is 2. The Labute approximate surface area is 164 Å². The Morgan fingerprint density at radius 1 is 1.04 bits per heavy atom. The van der Waals surface area contributed by atoms with E-state index < -0.39 is 24.1 Å². The predicted molar refractivity (Wildman–Crippen MR) is 106 cm³/mol. The van der Waals surface area contributed by atoms with Gasteiger partial charge in [-0.3, -0.25) is 4.79 Å². The lowest BCUT2D eigenvalue weighted by atomic mass is 10.2. The number of fused-ring (bicyclic) bond motifs is 1. The maximum atomic E-state index is 11.8. The number of amides is 1. The second-order valence-electron chi connectivity index (χ2n) is 5.68. The molecule has 0 unspecified atom stereocenters. The van der Waals surface area contributed by atoms with Gasteiger partial charge in [0.1, 0.15) is 11.3 Å². The maximum absolute atomic E-state index is 11.8. The molecule has 1 amide bonds. The van der Waals surface area contributed by atoms with E-state index in [0.29, 0.717) is 17.0 Å². The van der Waals surface area contributed by atoms with Crippen molar-refractivity contribution in [3.05, 3.63) is 65.0 Å². The SMILES string of the molecule is CSc1ccc(NC(=O)COC(=O)COc2ccc3ccc(=O)oc3c2)cc1. The summed E-state index contributed by atoms with van der Waals surface area (Å²) in [6.45, 7) is -0.794. The van der Waals surface area contributed by atoms with Gasteiger partial charge in [-0.15, -0.1) is 11.8 Å². The lowest BCUT2D eigenvalue weighted by Crippen LogP contribution is -2.23. The Morgan fingerprint density at radius 3 is 2.54 bits per heavy atom. The highest BCUT2D eigenvalue weighted by Crippen LogP contribution is 2.19. The van der Waals surface area contributed by atoms with E-state index >= 15 is 0 Å². The van der Waals surface area contributed by atoms with Crippen LogP contribution in [0.25, 0.3) is 11.0 Å². The van der Waals surface area contributed by atoms with E-state index in [4.69, 9.17) is 13.9 Å². The Kier molecular flexibility index (Phi) is 6.33. The van der Waals surface area contributed by atoms with Crippen molar-refractivity contribution in [1.29, 1.82) is 0 Å². The second kappa shape index (κ2) is 9.09. The number of thioether (sulfide) groups is 1. The van der Waals surface area contributed by atoms with E-state index in [9.17, 15) is 14.4 Å². The van der Waals surface area contributed by atoms with Gasteiger partial charge in [0.05, 0.1) is 0 Å². The third-order valence-corrected chi connectivity index (χ3v) is 4.43. The molecule has 0 aliphatic rings. The molecule has 8 heteroatoms. The minimum absolute atomic E-state index is 0.345. The third-order valence-electron chi connectivity index (χ3n) is 3.69. The Balaban J connectivity index is 1.46. The molecule has 1 heterocycles. The number of ether oxygens (including phenoxy) is 2. The largest absolute Gasteiger partial charge is 0.482 e. The molecule has 1 aromatic heterocycles. The molecule has 1 N–H and O–H groups in total. The minimum atomic E-state index is -0.692. The molecule has 7 nitrogen and oxygen atoms in total. The van der Waals surface area contributed by atoms with Gasteiger partial charge in [0, 0.05) is 28.1 Å². The zero-order valence-electron chi connectivity index (χ0n) is 15.0. The van der Waals surface area contributed by atoms with Gasteiger partial charge in [-0.05, 0) is 48.7 Å². The highest BCUT2D eigenvalue weighted by Gasteiger charge is 2.10. The molecule has 0 bridgehead atoms. The van der Waals surface area contributed by atoms with Gasteiger partial charge in [0.15, 0.2) is 13.2 Å². The van der Waals surface area contributed by atoms with Gasteiger partial charge in [-0.1, -0.05) is 0 Å². The first-order valence-electron chi connectivity index (χ1n) is 8.30. The van der Waals surface area contributed by atoms with E-state index in [1.807, 2.05) is 18.4 Å². The molecule has 0 saturated heterocycles. The van der Waals surface area contributed by atoms with Crippen molar-refractivity contribution in [3.8, 4) is 5.75 Å². The molecule has 0 aliphatic carbocycles. The molecule has 144 valence electrons. The monoisotopic (exact) mass is 399 g/mol. The maximum Gasteiger partial charge on any atom is 0.344 e. The first kappa shape index (κ1) is 19.5. The van der Waals surface area contributed by atoms with Crippen LogP contribution in [0, 0.1) is 0 Å². The topological polar surface area (TPSA) is 94.8 Å². The molecular formula is C20H17NO6S. The Bertz CT molecular complexity index is 1040. The first-order valence-corrected chi connectivity index (χ1v) is 9.52. The normalized spacial score (nSPS) is 10.5. The predicted octanol–water partition coefficient (Wildman–Crippen LogP) is 3.08. The smallest absolute Gasteiger partial charge is 0.344 e. The average molecular weight is 399 g/mol. The lowest BCUT2D eigenvalue weighted by molar-refractivity contribution is -0.149. The van der Waals surface area contributed by atoms with Gasteiger partial charge in [0.2, 0.25) is 0 Å². The van der Waals surface area contributed by atoms with Crippen LogP contribution < -0.4 is 15.7 Å². The van der Waals surface area contributed by atoms with Gasteiger partial charge < -0.3 is 19.2 Å². The van der Waals surface area contributed by atoms with E-state index in [1.165, 1.54) is 12.1 Å². The fraction of sp³-hybridized carbons (Fsp3) is 0.150. The van der Waals surface area contributed by atoms with Crippen LogP contribution in [0.4, 0.5) is 5.69 Å². The van der Waals surface area contributed by atoms with Gasteiger partial charge in [0.25, 0.3) is 5.91 Å². The molecule has 0 fully saturated rings. The van der Waals surface area contributed by atoms with Crippen molar-refractivity contribution in [1.82, 2.24) is 0 Å². The van der Waals surface area contributed by atoms with Gasteiger partial charge in [-0.25, -0.2) is 9.59 Å². The van der Waals surface area contributed by atoms with Crippen LogP contribution >= 0.6 is 11.8 Å². The quantitative estimate of drug-likeness (QED) is 0.371. The average Bonchev–Trinajstić information content (AvgIpc) is 2.71. The summed E-state index contributed by atoms with van der Waals surface area (Å²) >= 11 is 1.60. The molecule has 3 aromatic rings. The Hall–Kier alpha value is -3.26. The summed E-state index contributed by atoms with van der Waals surface area (Å²) in [5.41, 5.74) is 0.496. The van der Waals surface area contributed by atoms with Crippen molar-refractivity contribution >= 4 is 40.3 Å². The van der Waals surface area contributed by atoms with E-state index in [-0.39, 0.29) is 6.61 Å². The molecule has 0 aliphatic heterocycles. The van der Waals surface area contributed by atoms with Crippen molar-refractivity contribution in [2.75, 3.05) is 24.8 Å². The van der Waals surface area contributed by atoms with E-state index in [1.54, 1.807) is 42.1 Å². The van der Waals surface area contributed by atoms with Crippen molar-refractivity contribution in [3.63, 3.8) is 0 Å². The summed E-state index contributed by atoms with van der Waals surface area (Å²) < 4.78 is 15.3. The number of nitrogens with one attached hydrogen (secondary N) is 1. The van der Waals surface area contributed by atoms with Crippen LogP contribution in [0.5, 0.6) is 5.75 Å². The molecule has 3 rings (SSSR count). The summed E-state index contributed by atoms with van der Waals surface area (Å²) in [7, 11) is 0. The zero-order chi connectivity index (χ0) is 19.9. The van der Waals surface area contributed by atoms with Crippen LogP contribution in [0.1, 0.15) is 0 Å². The van der Waals surface area contributed by atoms with Crippen LogP contribution in [0.2, 0.25) is 0 Å². The van der Waals surface area contributed by atoms with Gasteiger partial charge in [-0.2, -0.15) is 0 Å². The van der Waals surface area contributed by atoms with E-state index in [0.717, 1.165) is 10.3 Å². The standard InChI is InChI=1S/C20H17NO6S/c1-28-16-7-4-14(5-8-16)21-18(22)11-26-20(24)12-25-15-6-2-13-3-9-19(23)27-17(13)10-15/h2-10H,11-12H2,1H3,(H,21,22). The van der Waals surface area contributed by atoms with Crippen LogP contribution in [0.15, 0.2) is 68.7 Å². The van der Waals surface area contributed by atoms with Crippen LogP contribution in [0.3, 0.4) is 0 Å². The Morgan fingerprint density at radius 2 is 1.79 bits per heavy atom. The summed E-state index contributed by atoms with van der Waals surface area (Å²) in [4.78, 5) is 35.9.